The van der Waals surface area contributed by atoms with E-state index in [-0.39, 0.29) is 6.04 Å². The summed E-state index contributed by atoms with van der Waals surface area (Å²) in [5, 5.41) is 13.4. The van der Waals surface area contributed by atoms with Crippen LogP contribution in [0, 0.1) is 0 Å². The highest BCUT2D eigenvalue weighted by atomic mass is 16.5. The van der Waals surface area contributed by atoms with Crippen molar-refractivity contribution in [1.82, 2.24) is 5.32 Å². The lowest BCUT2D eigenvalue weighted by Crippen LogP contribution is -2.31. The number of aromatic hydroxyl groups is 1. The number of benzene rings is 2. The molecule has 3 heteroatoms. The van der Waals surface area contributed by atoms with Crippen LogP contribution in [0.5, 0.6) is 11.5 Å². The molecule has 0 amide bonds. The Labute approximate surface area is 138 Å². The molecule has 1 heterocycles. The zero-order valence-corrected chi connectivity index (χ0v) is 14.1. The number of phenols is 1. The van der Waals surface area contributed by atoms with Crippen LogP contribution in [-0.4, -0.2) is 18.3 Å². The van der Waals surface area contributed by atoms with Crippen molar-refractivity contribution in [2.75, 3.05) is 13.2 Å². The minimum absolute atomic E-state index is 0.174. The minimum Gasteiger partial charge on any atom is -0.508 e. The van der Waals surface area contributed by atoms with E-state index < -0.39 is 0 Å². The number of ether oxygens (including phenoxy) is 1. The van der Waals surface area contributed by atoms with Gasteiger partial charge in [0.05, 0.1) is 12.6 Å². The maximum Gasteiger partial charge on any atom is 0.119 e. The van der Waals surface area contributed by atoms with E-state index in [9.17, 15) is 5.11 Å². The molecule has 23 heavy (non-hydrogen) atoms. The number of nitrogens with one attached hydrogen (secondary N) is 1. The zero-order chi connectivity index (χ0) is 16.4. The average molecular weight is 311 g/mol. The largest absolute Gasteiger partial charge is 0.508 e. The van der Waals surface area contributed by atoms with Crippen molar-refractivity contribution in [3.05, 3.63) is 58.7 Å². The lowest BCUT2D eigenvalue weighted by molar-refractivity contribution is 0.339. The third-order valence-corrected chi connectivity index (χ3v) is 4.48. The molecule has 0 radical (unpaired) electrons. The normalized spacial score (nSPS) is 17.1. The SMILES string of the molecule is CCOc1ccc(C2NCCc3cc(O)ccc32)c(C(C)C)c1. The van der Waals surface area contributed by atoms with Crippen LogP contribution in [-0.2, 0) is 6.42 Å². The van der Waals surface area contributed by atoms with E-state index in [2.05, 4.69) is 37.4 Å². The van der Waals surface area contributed by atoms with Crippen molar-refractivity contribution in [3.8, 4) is 11.5 Å². The van der Waals surface area contributed by atoms with Gasteiger partial charge in [-0.2, -0.15) is 0 Å². The fourth-order valence-electron chi connectivity index (χ4n) is 3.40. The molecule has 0 bridgehead atoms. The van der Waals surface area contributed by atoms with E-state index in [1.165, 1.54) is 22.3 Å². The summed E-state index contributed by atoms with van der Waals surface area (Å²) in [6, 6.07) is 12.3. The molecule has 3 nitrogen and oxygen atoms in total. The summed E-state index contributed by atoms with van der Waals surface area (Å²) in [7, 11) is 0. The molecule has 0 spiro atoms. The molecule has 0 aromatic heterocycles. The molecule has 0 aliphatic carbocycles. The van der Waals surface area contributed by atoms with E-state index in [0.717, 1.165) is 18.7 Å². The Morgan fingerprint density at radius 3 is 2.70 bits per heavy atom. The first kappa shape index (κ1) is 15.9. The van der Waals surface area contributed by atoms with Gasteiger partial charge in [0, 0.05) is 6.54 Å². The van der Waals surface area contributed by atoms with Crippen molar-refractivity contribution in [2.45, 2.75) is 39.2 Å². The highest BCUT2D eigenvalue weighted by Crippen LogP contribution is 2.36. The molecule has 122 valence electrons. The van der Waals surface area contributed by atoms with Crippen molar-refractivity contribution in [3.63, 3.8) is 0 Å². The van der Waals surface area contributed by atoms with Crippen molar-refractivity contribution >= 4 is 0 Å². The second-order valence-electron chi connectivity index (χ2n) is 6.40. The van der Waals surface area contributed by atoms with Gasteiger partial charge in [0.25, 0.3) is 0 Å². The highest BCUT2D eigenvalue weighted by molar-refractivity contribution is 5.48. The second-order valence-corrected chi connectivity index (χ2v) is 6.40. The van der Waals surface area contributed by atoms with Gasteiger partial charge in [0.15, 0.2) is 0 Å². The van der Waals surface area contributed by atoms with Crippen LogP contribution in [0.2, 0.25) is 0 Å². The summed E-state index contributed by atoms with van der Waals surface area (Å²) >= 11 is 0. The number of phenolic OH excluding ortho intramolecular Hbond substituents is 1. The molecule has 2 aromatic carbocycles. The molecule has 1 aliphatic heterocycles. The quantitative estimate of drug-likeness (QED) is 0.891. The predicted molar refractivity (Wildman–Crippen MR) is 93.4 cm³/mol. The fraction of sp³-hybridized carbons (Fsp3) is 0.400. The van der Waals surface area contributed by atoms with Crippen LogP contribution in [0.25, 0.3) is 0 Å². The van der Waals surface area contributed by atoms with Crippen LogP contribution in [0.3, 0.4) is 0 Å². The Hall–Kier alpha value is -2.00. The monoisotopic (exact) mass is 311 g/mol. The Morgan fingerprint density at radius 2 is 1.96 bits per heavy atom. The fourth-order valence-corrected chi connectivity index (χ4v) is 3.40. The van der Waals surface area contributed by atoms with Crippen LogP contribution in [0.1, 0.15) is 55.0 Å². The second kappa shape index (κ2) is 6.63. The van der Waals surface area contributed by atoms with Crippen LogP contribution >= 0.6 is 0 Å². The number of fused-ring (bicyclic) bond motifs is 1. The van der Waals surface area contributed by atoms with Gasteiger partial charge >= 0.3 is 0 Å². The molecule has 2 aromatic rings. The van der Waals surface area contributed by atoms with E-state index in [1.54, 1.807) is 6.07 Å². The Bertz CT molecular complexity index is 694. The molecular weight excluding hydrogens is 286 g/mol. The Kier molecular flexibility index (Phi) is 4.58. The summed E-state index contributed by atoms with van der Waals surface area (Å²) < 4.78 is 5.67. The lowest BCUT2D eigenvalue weighted by Gasteiger charge is -2.30. The van der Waals surface area contributed by atoms with E-state index in [1.807, 2.05) is 19.1 Å². The van der Waals surface area contributed by atoms with Gasteiger partial charge in [0.2, 0.25) is 0 Å². The maximum atomic E-state index is 9.75. The summed E-state index contributed by atoms with van der Waals surface area (Å²) in [5.41, 5.74) is 5.11. The molecule has 1 unspecified atom stereocenters. The van der Waals surface area contributed by atoms with Gasteiger partial charge in [-0.25, -0.2) is 0 Å². The smallest absolute Gasteiger partial charge is 0.119 e. The van der Waals surface area contributed by atoms with Crippen molar-refractivity contribution < 1.29 is 9.84 Å². The van der Waals surface area contributed by atoms with Crippen LogP contribution < -0.4 is 10.1 Å². The molecule has 0 saturated carbocycles. The van der Waals surface area contributed by atoms with Crippen LogP contribution in [0.15, 0.2) is 36.4 Å². The zero-order valence-electron chi connectivity index (χ0n) is 14.1. The van der Waals surface area contributed by atoms with Gasteiger partial charge < -0.3 is 15.2 Å². The lowest BCUT2D eigenvalue weighted by atomic mass is 9.85. The van der Waals surface area contributed by atoms with Gasteiger partial charge in [-0.15, -0.1) is 0 Å². The van der Waals surface area contributed by atoms with Crippen LogP contribution in [0.4, 0.5) is 0 Å². The Balaban J connectivity index is 2.05. The Morgan fingerprint density at radius 1 is 1.17 bits per heavy atom. The molecule has 1 atom stereocenters. The highest BCUT2D eigenvalue weighted by Gasteiger charge is 2.24. The molecule has 1 aliphatic rings. The maximum absolute atomic E-state index is 9.75. The third kappa shape index (κ3) is 3.20. The number of hydrogen-bond acceptors (Lipinski definition) is 3. The van der Waals surface area contributed by atoms with E-state index >= 15 is 0 Å². The summed E-state index contributed by atoms with van der Waals surface area (Å²) in [6.45, 7) is 8.05. The average Bonchev–Trinajstić information content (AvgIpc) is 2.54. The van der Waals surface area contributed by atoms with Gasteiger partial charge in [0.1, 0.15) is 11.5 Å². The first-order valence-electron chi connectivity index (χ1n) is 8.42. The minimum atomic E-state index is 0.174. The molecular formula is C20H25NO2. The number of hydrogen-bond donors (Lipinski definition) is 2. The molecule has 0 saturated heterocycles. The van der Waals surface area contributed by atoms with Gasteiger partial charge in [-0.05, 0) is 65.8 Å². The summed E-state index contributed by atoms with van der Waals surface area (Å²) in [5.74, 6) is 1.71. The molecule has 3 rings (SSSR count). The number of rotatable bonds is 4. The summed E-state index contributed by atoms with van der Waals surface area (Å²) in [6.07, 6.45) is 0.953. The topological polar surface area (TPSA) is 41.5 Å². The first-order chi connectivity index (χ1) is 11.1. The van der Waals surface area contributed by atoms with Gasteiger partial charge in [-0.1, -0.05) is 26.0 Å². The van der Waals surface area contributed by atoms with Crippen molar-refractivity contribution in [1.29, 1.82) is 0 Å². The van der Waals surface area contributed by atoms with E-state index in [4.69, 9.17) is 4.74 Å². The third-order valence-electron chi connectivity index (χ3n) is 4.48. The van der Waals surface area contributed by atoms with E-state index in [0.29, 0.717) is 18.3 Å². The standard InChI is InChI=1S/C20H25NO2/c1-4-23-16-6-8-18(19(12-16)13(2)3)20-17-7-5-15(22)11-14(17)9-10-21-20/h5-8,11-13,20-22H,4,9-10H2,1-3H3. The molecule has 0 fully saturated rings. The predicted octanol–water partition coefficient (Wildman–Crippen LogP) is 4.15. The van der Waals surface area contributed by atoms with Gasteiger partial charge in [-0.3, -0.25) is 0 Å². The first-order valence-corrected chi connectivity index (χ1v) is 8.42. The summed E-state index contributed by atoms with van der Waals surface area (Å²) in [4.78, 5) is 0. The molecule has 2 N–H and O–H groups in total. The van der Waals surface area contributed by atoms with Crippen molar-refractivity contribution in [2.24, 2.45) is 0 Å².